The zero-order valence-electron chi connectivity index (χ0n) is 16.9. The van der Waals surface area contributed by atoms with Gasteiger partial charge in [0.05, 0.1) is 11.1 Å². The van der Waals surface area contributed by atoms with Gasteiger partial charge in [-0.3, -0.25) is 9.59 Å². The molecule has 7 heteroatoms. The summed E-state index contributed by atoms with van der Waals surface area (Å²) >= 11 is 0. The number of amides is 2. The molecule has 1 fully saturated rings. The lowest BCUT2D eigenvalue weighted by Gasteiger charge is -2.34. The van der Waals surface area contributed by atoms with E-state index in [1.165, 1.54) is 6.08 Å². The van der Waals surface area contributed by atoms with Gasteiger partial charge in [-0.2, -0.15) is 0 Å². The van der Waals surface area contributed by atoms with Gasteiger partial charge in [0.1, 0.15) is 0 Å². The van der Waals surface area contributed by atoms with Gasteiger partial charge in [-0.1, -0.05) is 19.1 Å². The molecule has 0 spiro atoms. The molecule has 3 heterocycles. The maximum Gasteiger partial charge on any atom is 0.336 e. The number of piperidine rings is 1. The van der Waals surface area contributed by atoms with E-state index < -0.39 is 24.1 Å². The summed E-state index contributed by atoms with van der Waals surface area (Å²) in [5, 5.41) is 2.24. The molecule has 7 nitrogen and oxygen atoms in total. The van der Waals surface area contributed by atoms with Crippen LogP contribution in [0.1, 0.15) is 47.4 Å². The van der Waals surface area contributed by atoms with E-state index in [9.17, 15) is 14.4 Å². The van der Waals surface area contributed by atoms with Gasteiger partial charge in [-0.25, -0.2) is 9.63 Å². The fraction of sp³-hybridized carbons (Fsp3) is 0.348. The Bertz CT molecular complexity index is 1090. The van der Waals surface area contributed by atoms with Gasteiger partial charge in [0.2, 0.25) is 6.29 Å². The molecule has 2 amide bonds. The number of benzene rings is 2. The highest BCUT2D eigenvalue weighted by atomic mass is 16.8. The predicted molar refractivity (Wildman–Crippen MR) is 110 cm³/mol. The van der Waals surface area contributed by atoms with Gasteiger partial charge >= 0.3 is 5.97 Å². The quantitative estimate of drug-likeness (QED) is 0.574. The molecule has 3 aliphatic heterocycles. The number of anilines is 1. The molecule has 1 saturated heterocycles. The molecular formula is C23H22N2O5. The van der Waals surface area contributed by atoms with Gasteiger partial charge in [0.25, 0.3) is 11.8 Å². The lowest BCUT2D eigenvalue weighted by molar-refractivity contribution is -0.206. The van der Waals surface area contributed by atoms with Crippen LogP contribution < -0.4 is 4.90 Å². The molecule has 30 heavy (non-hydrogen) atoms. The number of hydrogen-bond donors (Lipinski definition) is 0. The van der Waals surface area contributed by atoms with Gasteiger partial charge in [-0.05, 0) is 50.0 Å². The lowest BCUT2D eigenvalue weighted by Crippen LogP contribution is -2.43. The van der Waals surface area contributed by atoms with Crippen LogP contribution in [0.25, 0.3) is 10.8 Å². The number of rotatable bonds is 3. The van der Waals surface area contributed by atoms with E-state index in [0.717, 1.165) is 37.0 Å². The maximum atomic E-state index is 13.1. The van der Waals surface area contributed by atoms with Crippen molar-refractivity contribution in [2.24, 2.45) is 5.92 Å². The number of esters is 1. The number of hydroxylamine groups is 2. The second-order valence-corrected chi connectivity index (χ2v) is 8.16. The summed E-state index contributed by atoms with van der Waals surface area (Å²) in [5.74, 6) is -0.939. The Labute approximate surface area is 173 Å². The highest BCUT2D eigenvalue weighted by Gasteiger charge is 2.38. The molecule has 2 aromatic carbocycles. The average molecular weight is 406 g/mol. The summed E-state index contributed by atoms with van der Waals surface area (Å²) in [7, 11) is 0. The van der Waals surface area contributed by atoms with Gasteiger partial charge in [0.15, 0.2) is 0 Å². The first-order valence-electron chi connectivity index (χ1n) is 10.2. The van der Waals surface area contributed by atoms with Crippen molar-refractivity contribution in [1.82, 2.24) is 5.06 Å². The minimum atomic E-state index is -1.10. The summed E-state index contributed by atoms with van der Waals surface area (Å²) in [6, 6.07) is 9.18. The number of carbonyl (C=O) groups is 3. The first kappa shape index (κ1) is 18.8. The van der Waals surface area contributed by atoms with Crippen molar-refractivity contribution in [3.63, 3.8) is 0 Å². The second-order valence-electron chi connectivity index (χ2n) is 8.16. The minimum Gasteiger partial charge on any atom is -0.426 e. The van der Waals surface area contributed by atoms with Crippen LogP contribution in [0.4, 0.5) is 5.69 Å². The smallest absolute Gasteiger partial charge is 0.336 e. The summed E-state index contributed by atoms with van der Waals surface area (Å²) in [4.78, 5) is 45.6. The maximum absolute atomic E-state index is 13.1. The minimum absolute atomic E-state index is 0.375. The highest BCUT2D eigenvalue weighted by Crippen LogP contribution is 2.37. The zero-order valence-corrected chi connectivity index (χ0v) is 16.9. The molecule has 0 aromatic heterocycles. The Hall–Kier alpha value is -3.19. The molecule has 3 aliphatic rings. The van der Waals surface area contributed by atoms with Crippen molar-refractivity contribution in [2.45, 2.75) is 33.0 Å². The summed E-state index contributed by atoms with van der Waals surface area (Å²) in [6.07, 6.45) is 2.59. The number of carbonyl (C=O) groups excluding carboxylic acids is 3. The van der Waals surface area contributed by atoms with Gasteiger partial charge in [0, 0.05) is 35.1 Å². The molecule has 0 aliphatic carbocycles. The van der Waals surface area contributed by atoms with Crippen molar-refractivity contribution in [3.05, 3.63) is 53.1 Å². The molecule has 5 rings (SSSR count). The molecule has 0 saturated carbocycles. The van der Waals surface area contributed by atoms with E-state index in [1.807, 2.05) is 18.2 Å². The van der Waals surface area contributed by atoms with Crippen molar-refractivity contribution in [1.29, 1.82) is 0 Å². The van der Waals surface area contributed by atoms with Gasteiger partial charge in [-0.15, -0.1) is 5.06 Å². The number of cyclic esters (lactones) is 1. The average Bonchev–Trinajstić information content (AvgIpc) is 3.06. The van der Waals surface area contributed by atoms with E-state index in [-0.39, 0.29) is 0 Å². The lowest BCUT2D eigenvalue weighted by atomic mass is 9.92. The third kappa shape index (κ3) is 2.89. The topological polar surface area (TPSA) is 76.2 Å². The zero-order chi connectivity index (χ0) is 21.0. The van der Waals surface area contributed by atoms with Crippen LogP contribution in [0.3, 0.4) is 0 Å². The van der Waals surface area contributed by atoms with Crippen LogP contribution in [0, 0.1) is 5.92 Å². The molecule has 0 N–H and O–H groups in total. The van der Waals surface area contributed by atoms with E-state index in [2.05, 4.69) is 11.8 Å². The van der Waals surface area contributed by atoms with Crippen molar-refractivity contribution in [2.75, 3.05) is 18.0 Å². The fourth-order valence-corrected chi connectivity index (χ4v) is 4.34. The normalized spacial score (nSPS) is 22.0. The molecular weight excluding hydrogens is 384 g/mol. The van der Waals surface area contributed by atoms with Crippen LogP contribution in [0.2, 0.25) is 0 Å². The van der Waals surface area contributed by atoms with Crippen molar-refractivity contribution < 1.29 is 24.0 Å². The molecule has 2 aromatic rings. The van der Waals surface area contributed by atoms with Crippen molar-refractivity contribution in [3.8, 4) is 0 Å². The molecule has 0 radical (unpaired) electrons. The highest BCUT2D eigenvalue weighted by molar-refractivity contribution is 6.26. The van der Waals surface area contributed by atoms with Crippen LogP contribution in [-0.2, 0) is 14.4 Å². The van der Waals surface area contributed by atoms with Crippen LogP contribution in [-0.4, -0.2) is 42.2 Å². The number of imide groups is 1. The molecule has 0 bridgehead atoms. The Morgan fingerprint density at radius 2 is 1.70 bits per heavy atom. The number of hydrogen-bond acceptors (Lipinski definition) is 6. The first-order chi connectivity index (χ1) is 14.4. The monoisotopic (exact) mass is 406 g/mol. The standard InChI is InChI=1S/C23H22N2O5/c1-13-8-10-24(11-9-13)18-7-6-17-20-15(18)4-3-5-16(20)21(26)25(22(17)27)30-19-12-14(2)23(28)29-19/h3-7,12-13,19H,8-11H2,1-2H3. The Morgan fingerprint density at radius 3 is 2.37 bits per heavy atom. The van der Waals surface area contributed by atoms with Crippen LogP contribution in [0.5, 0.6) is 0 Å². The molecule has 1 unspecified atom stereocenters. The van der Waals surface area contributed by atoms with Crippen molar-refractivity contribution >= 4 is 34.2 Å². The van der Waals surface area contributed by atoms with E-state index >= 15 is 0 Å². The molecule has 1 atom stereocenters. The Morgan fingerprint density at radius 1 is 1.00 bits per heavy atom. The van der Waals surface area contributed by atoms with Crippen LogP contribution in [0.15, 0.2) is 42.0 Å². The number of nitrogens with zero attached hydrogens (tertiary/aromatic N) is 2. The van der Waals surface area contributed by atoms with E-state index in [4.69, 9.17) is 9.57 Å². The van der Waals surface area contributed by atoms with E-state index in [0.29, 0.717) is 33.1 Å². The number of ether oxygens (including phenoxy) is 1. The van der Waals surface area contributed by atoms with Gasteiger partial charge < -0.3 is 9.64 Å². The fourth-order valence-electron chi connectivity index (χ4n) is 4.34. The Kier molecular flexibility index (Phi) is 4.36. The summed E-state index contributed by atoms with van der Waals surface area (Å²) in [5.41, 5.74) is 2.22. The third-order valence-corrected chi connectivity index (χ3v) is 6.11. The SMILES string of the molecule is CC1=CC(ON2C(=O)c3cccc4c(N5CCC(C)CC5)ccc(c34)C2=O)OC1=O. The summed E-state index contributed by atoms with van der Waals surface area (Å²) in [6.45, 7) is 5.76. The van der Waals surface area contributed by atoms with Crippen LogP contribution >= 0.6 is 0 Å². The second kappa shape index (κ2) is 6.95. The largest absolute Gasteiger partial charge is 0.426 e. The predicted octanol–water partition coefficient (Wildman–Crippen LogP) is 3.43. The van der Waals surface area contributed by atoms with E-state index in [1.54, 1.807) is 19.1 Å². The first-order valence-corrected chi connectivity index (χ1v) is 10.2. The Balaban J connectivity index is 1.53. The third-order valence-electron chi connectivity index (χ3n) is 6.11. The summed E-state index contributed by atoms with van der Waals surface area (Å²) < 4.78 is 5.03. The molecule has 154 valence electrons.